The first kappa shape index (κ1) is 16.5. The van der Waals surface area contributed by atoms with Crippen LogP contribution in [0.1, 0.15) is 43.2 Å². The van der Waals surface area contributed by atoms with E-state index in [-0.39, 0.29) is 5.75 Å². The van der Waals surface area contributed by atoms with Crippen molar-refractivity contribution in [1.82, 2.24) is 4.31 Å². The highest BCUT2D eigenvalue weighted by molar-refractivity contribution is 7.88. The molecule has 0 saturated heterocycles. The molecule has 0 spiro atoms. The van der Waals surface area contributed by atoms with Crippen molar-refractivity contribution >= 4 is 10.0 Å². The SMILES string of the molecule is CN(CC1CCCCC1)S(=O)(=O)Cc1ccccc1CN. The summed E-state index contributed by atoms with van der Waals surface area (Å²) >= 11 is 0. The minimum atomic E-state index is -3.27. The van der Waals surface area contributed by atoms with Crippen LogP contribution >= 0.6 is 0 Å². The molecule has 0 radical (unpaired) electrons. The van der Waals surface area contributed by atoms with Gasteiger partial charge in [-0.15, -0.1) is 0 Å². The van der Waals surface area contributed by atoms with E-state index in [0.717, 1.165) is 24.0 Å². The maximum Gasteiger partial charge on any atom is 0.218 e. The van der Waals surface area contributed by atoms with Crippen molar-refractivity contribution < 1.29 is 8.42 Å². The third-order valence-electron chi connectivity index (χ3n) is 4.39. The van der Waals surface area contributed by atoms with Crippen LogP contribution in [0, 0.1) is 5.92 Å². The highest BCUT2D eigenvalue weighted by Crippen LogP contribution is 2.25. The topological polar surface area (TPSA) is 63.4 Å². The van der Waals surface area contributed by atoms with Crippen molar-refractivity contribution in [2.24, 2.45) is 11.7 Å². The van der Waals surface area contributed by atoms with Gasteiger partial charge in [-0.05, 0) is 29.9 Å². The lowest BCUT2D eigenvalue weighted by Crippen LogP contribution is -2.33. The third kappa shape index (κ3) is 4.53. The summed E-state index contributed by atoms with van der Waals surface area (Å²) in [6.45, 7) is 1.02. The molecule has 0 amide bonds. The first-order chi connectivity index (χ1) is 10.0. The van der Waals surface area contributed by atoms with E-state index in [4.69, 9.17) is 5.73 Å². The van der Waals surface area contributed by atoms with Crippen LogP contribution in [0.3, 0.4) is 0 Å². The van der Waals surface area contributed by atoms with Crippen LogP contribution in [0.5, 0.6) is 0 Å². The Kier molecular flexibility index (Phi) is 5.79. The molecule has 1 aromatic rings. The second kappa shape index (κ2) is 7.38. The van der Waals surface area contributed by atoms with Crippen molar-refractivity contribution in [1.29, 1.82) is 0 Å². The molecule has 1 fully saturated rings. The summed E-state index contributed by atoms with van der Waals surface area (Å²) < 4.78 is 26.6. The van der Waals surface area contributed by atoms with Crippen LogP contribution in [0.15, 0.2) is 24.3 Å². The van der Waals surface area contributed by atoms with Crippen molar-refractivity contribution in [3.63, 3.8) is 0 Å². The fourth-order valence-corrected chi connectivity index (χ4v) is 4.38. The van der Waals surface area contributed by atoms with Gasteiger partial charge in [0, 0.05) is 20.1 Å². The Labute approximate surface area is 128 Å². The first-order valence-electron chi connectivity index (χ1n) is 7.74. The zero-order valence-electron chi connectivity index (χ0n) is 12.8. The van der Waals surface area contributed by atoms with E-state index in [1.807, 2.05) is 24.3 Å². The van der Waals surface area contributed by atoms with Gasteiger partial charge >= 0.3 is 0 Å². The second-order valence-electron chi connectivity index (χ2n) is 6.01. The first-order valence-corrected chi connectivity index (χ1v) is 9.34. The quantitative estimate of drug-likeness (QED) is 0.878. The van der Waals surface area contributed by atoms with Gasteiger partial charge in [-0.2, -0.15) is 0 Å². The van der Waals surface area contributed by atoms with Gasteiger partial charge < -0.3 is 5.73 Å². The third-order valence-corrected chi connectivity index (χ3v) is 6.17. The van der Waals surface area contributed by atoms with Crippen LogP contribution in [0.4, 0.5) is 0 Å². The van der Waals surface area contributed by atoms with Gasteiger partial charge in [-0.3, -0.25) is 0 Å². The fourth-order valence-electron chi connectivity index (χ4n) is 3.05. The van der Waals surface area contributed by atoms with E-state index >= 15 is 0 Å². The minimum Gasteiger partial charge on any atom is -0.326 e. The molecule has 21 heavy (non-hydrogen) atoms. The maximum atomic E-state index is 12.5. The molecule has 5 heteroatoms. The van der Waals surface area contributed by atoms with E-state index in [1.54, 1.807) is 7.05 Å². The summed E-state index contributed by atoms with van der Waals surface area (Å²) in [6, 6.07) is 7.51. The Balaban J connectivity index is 2.03. The number of hydrogen-bond acceptors (Lipinski definition) is 3. The molecule has 1 saturated carbocycles. The number of nitrogens with two attached hydrogens (primary N) is 1. The number of hydrogen-bond donors (Lipinski definition) is 1. The Morgan fingerprint density at radius 1 is 1.14 bits per heavy atom. The van der Waals surface area contributed by atoms with Crippen molar-refractivity contribution in [3.8, 4) is 0 Å². The predicted molar refractivity (Wildman–Crippen MR) is 86.2 cm³/mol. The molecule has 1 aliphatic rings. The summed E-state index contributed by atoms with van der Waals surface area (Å²) in [5.74, 6) is 0.562. The summed E-state index contributed by atoms with van der Waals surface area (Å²) in [6.07, 6.45) is 6.05. The molecule has 1 aromatic carbocycles. The largest absolute Gasteiger partial charge is 0.326 e. The van der Waals surface area contributed by atoms with Gasteiger partial charge in [0.25, 0.3) is 0 Å². The normalized spacial score (nSPS) is 17.3. The highest BCUT2D eigenvalue weighted by atomic mass is 32.2. The molecule has 0 unspecified atom stereocenters. The minimum absolute atomic E-state index is 0.0452. The molecule has 0 atom stereocenters. The molecule has 4 nitrogen and oxygen atoms in total. The van der Waals surface area contributed by atoms with Crippen LogP contribution in [0.2, 0.25) is 0 Å². The summed E-state index contributed by atoms with van der Waals surface area (Å²) in [7, 11) is -1.56. The van der Waals surface area contributed by atoms with Crippen LogP contribution in [-0.2, 0) is 22.3 Å². The summed E-state index contributed by atoms with van der Waals surface area (Å²) in [5, 5.41) is 0. The van der Waals surface area contributed by atoms with Gasteiger partial charge in [-0.1, -0.05) is 43.5 Å². The average Bonchev–Trinajstić information content (AvgIpc) is 2.48. The lowest BCUT2D eigenvalue weighted by Gasteiger charge is -2.26. The standard InChI is InChI=1S/C16H26N2O2S/c1-18(12-14-7-3-2-4-8-14)21(19,20)13-16-10-6-5-9-15(16)11-17/h5-6,9-10,14H,2-4,7-8,11-13,17H2,1H3. The van der Waals surface area contributed by atoms with E-state index in [1.165, 1.54) is 23.6 Å². The van der Waals surface area contributed by atoms with Gasteiger partial charge in [0.2, 0.25) is 10.0 Å². The van der Waals surface area contributed by atoms with Gasteiger partial charge in [0.1, 0.15) is 0 Å². The zero-order chi connectivity index (χ0) is 15.3. The van der Waals surface area contributed by atoms with E-state index < -0.39 is 10.0 Å². The van der Waals surface area contributed by atoms with E-state index in [9.17, 15) is 8.42 Å². The van der Waals surface area contributed by atoms with Gasteiger partial charge in [0.05, 0.1) is 5.75 Å². The fraction of sp³-hybridized carbons (Fsp3) is 0.625. The van der Waals surface area contributed by atoms with Crippen molar-refractivity contribution in [3.05, 3.63) is 35.4 Å². The summed E-state index contributed by atoms with van der Waals surface area (Å²) in [5.41, 5.74) is 7.41. The second-order valence-corrected chi connectivity index (χ2v) is 8.09. The van der Waals surface area contributed by atoms with E-state index in [2.05, 4.69) is 0 Å². The van der Waals surface area contributed by atoms with Gasteiger partial charge in [-0.25, -0.2) is 12.7 Å². The lowest BCUT2D eigenvalue weighted by atomic mass is 9.89. The molecular formula is C16H26N2O2S. The average molecular weight is 310 g/mol. The van der Waals surface area contributed by atoms with E-state index in [0.29, 0.717) is 19.0 Å². The Bertz CT molecular complexity index is 551. The maximum absolute atomic E-state index is 12.5. The Hall–Kier alpha value is -0.910. The van der Waals surface area contributed by atoms with Crippen LogP contribution < -0.4 is 5.73 Å². The predicted octanol–water partition coefficient (Wildman–Crippen LogP) is 2.49. The monoisotopic (exact) mass is 310 g/mol. The number of nitrogens with zero attached hydrogens (tertiary/aromatic N) is 1. The van der Waals surface area contributed by atoms with Crippen molar-refractivity contribution in [2.75, 3.05) is 13.6 Å². The van der Waals surface area contributed by atoms with Crippen LogP contribution in [-0.4, -0.2) is 26.3 Å². The van der Waals surface area contributed by atoms with Crippen molar-refractivity contribution in [2.45, 2.75) is 44.4 Å². The molecule has 0 heterocycles. The number of rotatable bonds is 6. The van der Waals surface area contributed by atoms with Crippen LogP contribution in [0.25, 0.3) is 0 Å². The number of sulfonamides is 1. The molecule has 0 aromatic heterocycles. The lowest BCUT2D eigenvalue weighted by molar-refractivity contribution is 0.300. The summed E-state index contributed by atoms with van der Waals surface area (Å²) in [4.78, 5) is 0. The Morgan fingerprint density at radius 3 is 2.38 bits per heavy atom. The molecule has 2 rings (SSSR count). The Morgan fingerprint density at radius 2 is 1.76 bits per heavy atom. The number of benzene rings is 1. The molecular weight excluding hydrogens is 284 g/mol. The highest BCUT2D eigenvalue weighted by Gasteiger charge is 2.24. The molecule has 0 aliphatic heterocycles. The zero-order valence-corrected chi connectivity index (χ0v) is 13.6. The molecule has 0 bridgehead atoms. The van der Waals surface area contributed by atoms with Gasteiger partial charge in [0.15, 0.2) is 0 Å². The molecule has 2 N–H and O–H groups in total. The smallest absolute Gasteiger partial charge is 0.218 e. The molecule has 1 aliphatic carbocycles. The molecule has 118 valence electrons.